The molecule has 1 aromatic heterocycles. The molecule has 0 spiro atoms. The summed E-state index contributed by atoms with van der Waals surface area (Å²) in [7, 11) is 3.05. The number of nitrogens with one attached hydrogen (secondary N) is 2. The second kappa shape index (κ2) is 9.49. The van der Waals surface area contributed by atoms with Crippen LogP contribution in [0.5, 0.6) is 11.5 Å². The highest BCUT2D eigenvalue weighted by atomic mass is 32.1. The number of carbonyl (C=O) groups is 1. The summed E-state index contributed by atoms with van der Waals surface area (Å²) in [4.78, 5) is 17.0. The van der Waals surface area contributed by atoms with Crippen LogP contribution < -0.4 is 20.1 Å². The molecule has 0 aliphatic heterocycles. The number of thiocarbonyl (C=S) groups is 1. The van der Waals surface area contributed by atoms with Crippen molar-refractivity contribution in [3.8, 4) is 11.5 Å². The molecule has 7 nitrogen and oxygen atoms in total. The molecule has 0 bridgehead atoms. The third-order valence-corrected chi connectivity index (χ3v) is 4.95. The SMILES string of the molecule is COc1cc(OC)cc(C(=O)NC(=S)Nc2ccc(Cc3nc4ccccc4o3)cc2)c1. The van der Waals surface area contributed by atoms with Gasteiger partial charge in [-0.1, -0.05) is 24.3 Å². The van der Waals surface area contributed by atoms with Gasteiger partial charge in [0.15, 0.2) is 16.6 Å². The van der Waals surface area contributed by atoms with E-state index < -0.39 is 0 Å². The number of fused-ring (bicyclic) bond motifs is 1. The first-order chi connectivity index (χ1) is 15.5. The third kappa shape index (κ3) is 5.04. The lowest BCUT2D eigenvalue weighted by atomic mass is 10.1. The largest absolute Gasteiger partial charge is 0.497 e. The maximum atomic E-state index is 12.5. The molecular formula is C24H21N3O4S. The van der Waals surface area contributed by atoms with Gasteiger partial charge in [0.1, 0.15) is 17.0 Å². The summed E-state index contributed by atoms with van der Waals surface area (Å²) in [6, 6.07) is 20.3. The lowest BCUT2D eigenvalue weighted by Crippen LogP contribution is -2.34. The van der Waals surface area contributed by atoms with Crippen LogP contribution in [-0.2, 0) is 6.42 Å². The fourth-order valence-corrected chi connectivity index (χ4v) is 3.36. The minimum absolute atomic E-state index is 0.184. The van der Waals surface area contributed by atoms with Crippen LogP contribution in [-0.4, -0.2) is 30.2 Å². The molecule has 8 heteroatoms. The Morgan fingerprint density at radius 1 is 1.00 bits per heavy atom. The van der Waals surface area contributed by atoms with Gasteiger partial charge in [-0.25, -0.2) is 4.98 Å². The van der Waals surface area contributed by atoms with Crippen molar-refractivity contribution in [1.82, 2.24) is 10.3 Å². The van der Waals surface area contributed by atoms with Gasteiger partial charge in [-0.2, -0.15) is 0 Å². The summed E-state index contributed by atoms with van der Waals surface area (Å²) in [5.41, 5.74) is 3.78. The van der Waals surface area contributed by atoms with E-state index in [2.05, 4.69) is 15.6 Å². The average molecular weight is 448 g/mol. The summed E-state index contributed by atoms with van der Waals surface area (Å²) in [6.45, 7) is 0. The minimum Gasteiger partial charge on any atom is -0.497 e. The fraction of sp³-hybridized carbons (Fsp3) is 0.125. The first-order valence-corrected chi connectivity index (χ1v) is 10.2. The molecule has 2 N–H and O–H groups in total. The number of para-hydroxylation sites is 2. The number of anilines is 1. The molecule has 4 rings (SSSR count). The van der Waals surface area contributed by atoms with Crippen LogP contribution in [0.2, 0.25) is 0 Å². The smallest absolute Gasteiger partial charge is 0.257 e. The molecule has 0 aliphatic rings. The number of ether oxygens (including phenoxy) is 2. The maximum Gasteiger partial charge on any atom is 0.257 e. The fourth-order valence-electron chi connectivity index (χ4n) is 3.15. The van der Waals surface area contributed by atoms with E-state index in [9.17, 15) is 4.79 Å². The standard InChI is InChI=1S/C24H21N3O4S/c1-29-18-12-16(13-19(14-18)30-2)23(28)27-24(32)25-17-9-7-15(8-10-17)11-22-26-20-5-3-4-6-21(20)31-22/h3-10,12-14H,11H2,1-2H3,(H2,25,27,28,32). The Morgan fingerprint density at radius 3 is 2.34 bits per heavy atom. The Labute approximate surface area is 190 Å². The number of carbonyl (C=O) groups excluding carboxylic acids is 1. The van der Waals surface area contributed by atoms with Gasteiger partial charge in [-0.3, -0.25) is 10.1 Å². The molecule has 0 unspecified atom stereocenters. The van der Waals surface area contributed by atoms with E-state index >= 15 is 0 Å². The Morgan fingerprint density at radius 2 is 1.69 bits per heavy atom. The average Bonchev–Trinajstić information content (AvgIpc) is 3.22. The maximum absolute atomic E-state index is 12.5. The van der Waals surface area contributed by atoms with Gasteiger partial charge in [-0.05, 0) is 54.2 Å². The lowest BCUT2D eigenvalue weighted by molar-refractivity contribution is 0.0977. The number of nitrogens with zero attached hydrogens (tertiary/aromatic N) is 1. The van der Waals surface area contributed by atoms with Crippen molar-refractivity contribution >= 4 is 40.0 Å². The van der Waals surface area contributed by atoms with Gasteiger partial charge in [0.05, 0.1) is 14.2 Å². The first kappa shape index (κ1) is 21.3. The molecule has 0 saturated carbocycles. The van der Waals surface area contributed by atoms with E-state index in [0.29, 0.717) is 29.4 Å². The number of aromatic nitrogens is 1. The van der Waals surface area contributed by atoms with Crippen LogP contribution in [0.1, 0.15) is 21.8 Å². The van der Waals surface area contributed by atoms with E-state index in [-0.39, 0.29) is 11.0 Å². The molecule has 0 aliphatic carbocycles. The lowest BCUT2D eigenvalue weighted by Gasteiger charge is -2.11. The number of methoxy groups -OCH3 is 2. The summed E-state index contributed by atoms with van der Waals surface area (Å²) in [6.07, 6.45) is 0.577. The Bertz CT molecular complexity index is 1210. The number of rotatable bonds is 6. The zero-order valence-electron chi connectivity index (χ0n) is 17.5. The van der Waals surface area contributed by atoms with Crippen LogP contribution in [0, 0.1) is 0 Å². The van der Waals surface area contributed by atoms with E-state index in [0.717, 1.165) is 22.4 Å². The number of oxazole rings is 1. The van der Waals surface area contributed by atoms with Gasteiger partial charge in [0.25, 0.3) is 5.91 Å². The van der Waals surface area contributed by atoms with E-state index in [1.165, 1.54) is 14.2 Å². The van der Waals surface area contributed by atoms with E-state index in [1.807, 2.05) is 48.5 Å². The van der Waals surface area contributed by atoms with Crippen LogP contribution in [0.25, 0.3) is 11.1 Å². The molecule has 0 saturated heterocycles. The quantitative estimate of drug-likeness (QED) is 0.419. The van der Waals surface area contributed by atoms with Crippen LogP contribution in [0.3, 0.4) is 0 Å². The monoisotopic (exact) mass is 447 g/mol. The van der Waals surface area contributed by atoms with Crippen molar-refractivity contribution in [2.24, 2.45) is 0 Å². The van der Waals surface area contributed by atoms with E-state index in [4.69, 9.17) is 26.1 Å². The summed E-state index contributed by atoms with van der Waals surface area (Å²) in [5, 5.41) is 5.86. The van der Waals surface area contributed by atoms with Gasteiger partial charge in [-0.15, -0.1) is 0 Å². The second-order valence-corrected chi connectivity index (χ2v) is 7.37. The molecule has 4 aromatic rings. The van der Waals surface area contributed by atoms with Crippen LogP contribution in [0.15, 0.2) is 71.1 Å². The molecule has 162 valence electrons. The van der Waals surface area contributed by atoms with Gasteiger partial charge in [0, 0.05) is 23.7 Å². The van der Waals surface area contributed by atoms with Crippen LogP contribution in [0.4, 0.5) is 5.69 Å². The molecule has 0 fully saturated rings. The van der Waals surface area contributed by atoms with Crippen molar-refractivity contribution in [3.63, 3.8) is 0 Å². The zero-order chi connectivity index (χ0) is 22.5. The van der Waals surface area contributed by atoms with Gasteiger partial charge in [0.2, 0.25) is 0 Å². The predicted octanol–water partition coefficient (Wildman–Crippen LogP) is 4.56. The number of hydrogen-bond donors (Lipinski definition) is 2. The van der Waals surface area contributed by atoms with Gasteiger partial charge < -0.3 is 19.2 Å². The minimum atomic E-state index is -0.368. The Kier molecular flexibility index (Phi) is 6.32. The van der Waals surface area contributed by atoms with Crippen LogP contribution >= 0.6 is 12.2 Å². The highest BCUT2D eigenvalue weighted by Crippen LogP contribution is 2.22. The van der Waals surface area contributed by atoms with Crippen molar-refractivity contribution in [2.45, 2.75) is 6.42 Å². The van der Waals surface area contributed by atoms with Gasteiger partial charge >= 0.3 is 0 Å². The number of benzene rings is 3. The summed E-state index contributed by atoms with van der Waals surface area (Å²) < 4.78 is 16.2. The molecule has 3 aromatic carbocycles. The first-order valence-electron chi connectivity index (χ1n) is 9.83. The van der Waals surface area contributed by atoms with Crippen molar-refractivity contribution < 1.29 is 18.7 Å². The molecule has 1 amide bonds. The molecule has 1 heterocycles. The molecule has 0 atom stereocenters. The molecule has 32 heavy (non-hydrogen) atoms. The second-order valence-electron chi connectivity index (χ2n) is 6.96. The highest BCUT2D eigenvalue weighted by molar-refractivity contribution is 7.80. The topological polar surface area (TPSA) is 85.6 Å². The van der Waals surface area contributed by atoms with Crippen molar-refractivity contribution in [3.05, 3.63) is 83.7 Å². The third-order valence-electron chi connectivity index (χ3n) is 4.75. The van der Waals surface area contributed by atoms with E-state index in [1.54, 1.807) is 18.2 Å². The normalized spacial score (nSPS) is 10.6. The molecular weight excluding hydrogens is 426 g/mol. The number of amides is 1. The summed E-state index contributed by atoms with van der Waals surface area (Å²) >= 11 is 5.28. The Hall–Kier alpha value is -3.91. The Balaban J connectivity index is 1.36. The molecule has 0 radical (unpaired) electrons. The highest BCUT2D eigenvalue weighted by Gasteiger charge is 2.12. The van der Waals surface area contributed by atoms with Crippen molar-refractivity contribution in [1.29, 1.82) is 0 Å². The van der Waals surface area contributed by atoms with Crippen molar-refractivity contribution in [2.75, 3.05) is 19.5 Å². The number of hydrogen-bond acceptors (Lipinski definition) is 6. The summed E-state index contributed by atoms with van der Waals surface area (Å²) in [5.74, 6) is 1.32. The zero-order valence-corrected chi connectivity index (χ0v) is 18.4. The predicted molar refractivity (Wildman–Crippen MR) is 126 cm³/mol.